The van der Waals surface area contributed by atoms with Gasteiger partial charge >= 0.3 is 476 Å². The molecule has 10 unspecified atom stereocenters. The van der Waals surface area contributed by atoms with Crippen LogP contribution in [0.2, 0.25) is 14.7 Å². The maximum absolute atomic E-state index is 9.15. The fraction of sp³-hybridized carbons (Fsp3) is 0.429. The van der Waals surface area contributed by atoms with Gasteiger partial charge in [-0.3, -0.25) is 0 Å². The van der Waals surface area contributed by atoms with Gasteiger partial charge in [0.05, 0.1) is 0 Å². The molecule has 0 saturated heterocycles. The van der Waals surface area contributed by atoms with Crippen molar-refractivity contribution >= 4 is 23.2 Å². The van der Waals surface area contributed by atoms with Crippen molar-refractivity contribution in [3.05, 3.63) is 235 Å². The first-order chi connectivity index (χ1) is 36.4. The van der Waals surface area contributed by atoms with E-state index < -0.39 is 42.9 Å². The van der Waals surface area contributed by atoms with Gasteiger partial charge in [0, 0.05) is 0 Å². The number of allylic oxidation sites excluding steroid dienone is 16. The van der Waals surface area contributed by atoms with E-state index in [9.17, 15) is 0 Å². The second-order valence-corrected chi connectivity index (χ2v) is 46.7. The van der Waals surface area contributed by atoms with Gasteiger partial charge in [0.2, 0.25) is 0 Å². The molecular formula is C70H78Cl2Hf2. The standard InChI is InChI=1S/4C17H19.C2H2Cl2.2Hf/c4*1-2-13-11-15-9-6-10-16(17(15)12-13)14-7-4-3-5-8-14;3-1-2-4;;/h4*3-5,7-8,11-12,16H,2,6,9-10H2,1H3;1-2H;;. The molecule has 8 aliphatic rings. The predicted molar refractivity (Wildman–Crippen MR) is 308 cm³/mol. The molecule has 0 heterocycles. The van der Waals surface area contributed by atoms with Crippen LogP contribution in [0.15, 0.2) is 213 Å². The van der Waals surface area contributed by atoms with Gasteiger partial charge < -0.3 is 0 Å². The van der Waals surface area contributed by atoms with Crippen molar-refractivity contribution < 1.29 is 42.9 Å². The molecule has 0 amide bonds. The third-order valence-electron chi connectivity index (χ3n) is 19.6. The van der Waals surface area contributed by atoms with Gasteiger partial charge in [-0.2, -0.15) is 0 Å². The Labute approximate surface area is 471 Å². The van der Waals surface area contributed by atoms with E-state index in [4.69, 9.17) is 23.2 Å². The van der Waals surface area contributed by atoms with Crippen LogP contribution in [-0.2, 0) is 42.9 Å². The molecule has 0 fully saturated rings. The van der Waals surface area contributed by atoms with E-state index in [0.29, 0.717) is 38.4 Å². The molecule has 12 rings (SSSR count). The van der Waals surface area contributed by atoms with Crippen molar-refractivity contribution in [2.45, 2.75) is 175 Å². The van der Waals surface area contributed by atoms with Crippen molar-refractivity contribution in [3.8, 4) is 0 Å². The van der Waals surface area contributed by atoms with Crippen molar-refractivity contribution in [1.29, 1.82) is 0 Å². The van der Waals surface area contributed by atoms with Crippen molar-refractivity contribution in [1.82, 2.24) is 0 Å². The van der Waals surface area contributed by atoms with E-state index in [-0.39, 0.29) is 6.27 Å². The average molecular weight is 1350 g/mol. The molecule has 4 aromatic carbocycles. The zero-order valence-corrected chi connectivity index (χ0v) is 53.4. The first kappa shape index (κ1) is 51.9. The Bertz CT molecular complexity index is 2570. The molecule has 0 aromatic heterocycles. The monoisotopic (exact) mass is 1350 g/mol. The first-order valence-corrected chi connectivity index (χ1v) is 42.7. The molecule has 0 radical (unpaired) electrons. The van der Waals surface area contributed by atoms with Crippen LogP contribution in [0.25, 0.3) is 0 Å². The van der Waals surface area contributed by atoms with Gasteiger partial charge in [0.15, 0.2) is 0 Å². The summed E-state index contributed by atoms with van der Waals surface area (Å²) in [5.41, 5.74) is 26.8. The first-order valence-electron chi connectivity index (χ1n) is 29.4. The van der Waals surface area contributed by atoms with Crippen LogP contribution in [0.1, 0.15) is 176 Å². The number of halogens is 2. The number of alkyl halides is 2. The van der Waals surface area contributed by atoms with Crippen molar-refractivity contribution in [2.24, 2.45) is 0 Å². The summed E-state index contributed by atoms with van der Waals surface area (Å²) in [7, 11) is 0. The summed E-state index contributed by atoms with van der Waals surface area (Å²) in [5, 5.41) is 0. The van der Waals surface area contributed by atoms with Crippen LogP contribution in [0.3, 0.4) is 0 Å². The average Bonchev–Trinajstić information content (AvgIpc) is 4.25. The summed E-state index contributed by atoms with van der Waals surface area (Å²) < 4.78 is 2.15. The fourth-order valence-corrected chi connectivity index (χ4v) is 64.2. The van der Waals surface area contributed by atoms with Crippen LogP contribution in [0.5, 0.6) is 0 Å². The van der Waals surface area contributed by atoms with E-state index in [1.54, 1.807) is 44.6 Å². The number of benzene rings is 4. The van der Waals surface area contributed by atoms with E-state index in [0.717, 1.165) is 25.7 Å². The van der Waals surface area contributed by atoms with Crippen molar-refractivity contribution in [3.63, 3.8) is 0 Å². The molecule has 0 saturated carbocycles. The Morgan fingerprint density at radius 3 is 0.770 bits per heavy atom. The molecule has 0 spiro atoms. The van der Waals surface area contributed by atoms with E-state index in [1.165, 1.54) is 99.3 Å². The van der Waals surface area contributed by atoms with Gasteiger partial charge in [-0.15, -0.1) is 0 Å². The van der Waals surface area contributed by atoms with E-state index in [2.05, 4.69) is 173 Å². The Kier molecular flexibility index (Phi) is 16.0. The minimum atomic E-state index is -3.34. The summed E-state index contributed by atoms with van der Waals surface area (Å²) in [6.45, 7) is 9.94. The summed E-state index contributed by atoms with van der Waals surface area (Å²) in [4.78, 5) is 0. The molecule has 74 heavy (non-hydrogen) atoms. The second-order valence-electron chi connectivity index (χ2n) is 23.2. The second kappa shape index (κ2) is 22.8. The topological polar surface area (TPSA) is 0 Å². The molecule has 0 aliphatic heterocycles. The number of rotatable bonds is 15. The SMILES string of the molecule is CCC1=CC2=C(CCCC2c2ccccc2)[CH]1[Hf]([CH]1C(CC)=CC2=C1CCCC2c1ccccc1)[CH](Cl)[CH](Cl)[Hf]([CH]1C(CC)=CC2=C1CCCC2c1ccccc1)[CH]1C(CC)=CC2=C1CCCC2c1ccccc1. The van der Waals surface area contributed by atoms with Crippen LogP contribution in [0.4, 0.5) is 0 Å². The van der Waals surface area contributed by atoms with Crippen LogP contribution in [0, 0.1) is 0 Å². The quantitative estimate of drug-likeness (QED) is 0.0822. The zero-order valence-electron chi connectivity index (χ0n) is 44.7. The zero-order chi connectivity index (χ0) is 50.5. The Morgan fingerprint density at radius 2 is 0.568 bits per heavy atom. The van der Waals surface area contributed by atoms with Gasteiger partial charge in [0.1, 0.15) is 0 Å². The Hall–Kier alpha value is -2.88. The molecule has 0 bridgehead atoms. The summed E-state index contributed by atoms with van der Waals surface area (Å²) in [6, 6.07) is 46.3. The van der Waals surface area contributed by atoms with Crippen molar-refractivity contribution in [2.75, 3.05) is 0 Å². The number of hydrogen-bond donors (Lipinski definition) is 0. The molecule has 380 valence electrons. The maximum atomic E-state index is 9.15. The number of hydrogen-bond acceptors (Lipinski definition) is 0. The minimum absolute atomic E-state index is 0.0456. The molecule has 8 aliphatic carbocycles. The van der Waals surface area contributed by atoms with Gasteiger partial charge in [-0.25, -0.2) is 0 Å². The van der Waals surface area contributed by atoms with Gasteiger partial charge in [0.25, 0.3) is 0 Å². The van der Waals surface area contributed by atoms with E-state index in [1.807, 2.05) is 22.3 Å². The summed E-state index contributed by atoms with van der Waals surface area (Å²) in [6.07, 6.45) is 30.5. The Balaban J connectivity index is 1.05. The normalized spacial score (nSPS) is 28.2. The molecule has 4 heteroatoms. The van der Waals surface area contributed by atoms with Crippen LogP contribution in [-0.4, -0.2) is 6.27 Å². The molecule has 10 atom stereocenters. The molecular weight excluding hydrogens is 1270 g/mol. The van der Waals surface area contributed by atoms with Gasteiger partial charge in [-0.05, 0) is 0 Å². The van der Waals surface area contributed by atoms with Crippen LogP contribution < -0.4 is 0 Å². The fourth-order valence-electron chi connectivity index (χ4n) is 16.4. The molecule has 4 aromatic rings. The summed E-state index contributed by atoms with van der Waals surface area (Å²) >= 11 is 11.6. The Morgan fingerprint density at radius 1 is 0.351 bits per heavy atom. The summed E-state index contributed by atoms with van der Waals surface area (Å²) in [5.74, 6) is 1.88. The molecule has 0 nitrogen and oxygen atoms in total. The van der Waals surface area contributed by atoms with Crippen LogP contribution >= 0.6 is 23.2 Å². The van der Waals surface area contributed by atoms with Gasteiger partial charge in [-0.1, -0.05) is 0 Å². The third-order valence-corrected chi connectivity index (χ3v) is 57.1. The predicted octanol–water partition coefficient (Wildman–Crippen LogP) is 21.0. The third kappa shape index (κ3) is 9.36. The van der Waals surface area contributed by atoms with E-state index >= 15 is 0 Å². The molecule has 0 N–H and O–H groups in total.